The molecule has 0 rings (SSSR count). The Morgan fingerprint density at radius 3 is 1.73 bits per heavy atom. The number of nitrogens with zero attached hydrogens (tertiary/aromatic N) is 1. The van der Waals surface area contributed by atoms with Crippen molar-refractivity contribution >= 4 is 5.97 Å². The normalized spacial score (nSPS) is 11.2. The number of ether oxygens (including phenoxy) is 6. The van der Waals surface area contributed by atoms with Crippen molar-refractivity contribution in [2.75, 3.05) is 74.2 Å². The summed E-state index contributed by atoms with van der Waals surface area (Å²) >= 11 is 0. The van der Waals surface area contributed by atoms with E-state index in [1.54, 1.807) is 0 Å². The Morgan fingerprint density at radius 1 is 0.818 bits per heavy atom. The fourth-order valence-electron chi connectivity index (χ4n) is 1.45. The zero-order valence-electron chi connectivity index (χ0n) is 13.3. The number of hydrogen-bond donors (Lipinski definition) is 1. The van der Waals surface area contributed by atoms with E-state index in [-0.39, 0.29) is 33.6 Å². The van der Waals surface area contributed by atoms with Crippen LogP contribution in [0.5, 0.6) is 0 Å². The number of carboxylic acids is 1. The van der Waals surface area contributed by atoms with Gasteiger partial charge in [-0.2, -0.15) is 0 Å². The Labute approximate surface area is 131 Å². The number of aliphatic carboxylic acids is 1. The quantitative estimate of drug-likeness (QED) is 0.292. The molecule has 9 nitrogen and oxygen atoms in total. The first-order chi connectivity index (χ1) is 10.7. The van der Waals surface area contributed by atoms with E-state index in [9.17, 15) is 4.79 Å². The maximum Gasteiger partial charge on any atom is 0.304 e. The van der Waals surface area contributed by atoms with Gasteiger partial charge in [-0.3, -0.25) is 9.69 Å². The second kappa shape index (κ2) is 16.6. The van der Waals surface area contributed by atoms with Crippen LogP contribution in [-0.2, 0) is 33.2 Å². The van der Waals surface area contributed by atoms with Crippen molar-refractivity contribution in [3.8, 4) is 0 Å². The summed E-state index contributed by atoms with van der Waals surface area (Å²) in [5.74, 6) is -0.835. The molecule has 0 saturated carbocycles. The predicted octanol–water partition coefficient (Wildman–Crippen LogP) is -0.0477. The highest BCUT2D eigenvalue weighted by Crippen LogP contribution is 1.94. The molecule has 0 radical (unpaired) electrons. The van der Waals surface area contributed by atoms with Crippen LogP contribution in [0.2, 0.25) is 0 Å². The minimum Gasteiger partial charge on any atom is -0.481 e. The van der Waals surface area contributed by atoms with Crippen LogP contribution in [0.3, 0.4) is 0 Å². The van der Waals surface area contributed by atoms with Crippen LogP contribution < -0.4 is 0 Å². The van der Waals surface area contributed by atoms with Gasteiger partial charge in [-0.25, -0.2) is 0 Å². The van der Waals surface area contributed by atoms with Gasteiger partial charge in [0, 0.05) is 33.9 Å². The summed E-state index contributed by atoms with van der Waals surface area (Å²) in [4.78, 5) is 12.6. The number of carbonyl (C=O) groups is 1. The first-order valence-corrected chi connectivity index (χ1v) is 6.93. The largest absolute Gasteiger partial charge is 0.481 e. The third-order valence-corrected chi connectivity index (χ3v) is 2.48. The highest BCUT2D eigenvalue weighted by molar-refractivity contribution is 5.66. The van der Waals surface area contributed by atoms with E-state index in [0.29, 0.717) is 32.8 Å². The molecule has 0 heterocycles. The fraction of sp³-hybridized carbons (Fsp3) is 0.923. The van der Waals surface area contributed by atoms with Gasteiger partial charge in [0.2, 0.25) is 0 Å². The molecule has 22 heavy (non-hydrogen) atoms. The zero-order valence-corrected chi connectivity index (χ0v) is 13.3. The van der Waals surface area contributed by atoms with Crippen LogP contribution in [0, 0.1) is 0 Å². The summed E-state index contributed by atoms with van der Waals surface area (Å²) in [6.07, 6.45) is 0.0698. The van der Waals surface area contributed by atoms with E-state index in [1.807, 2.05) is 4.90 Å². The molecule has 0 atom stereocenters. The summed E-state index contributed by atoms with van der Waals surface area (Å²) in [5, 5.41) is 8.74. The van der Waals surface area contributed by atoms with Gasteiger partial charge in [0.15, 0.2) is 0 Å². The Morgan fingerprint density at radius 2 is 1.32 bits per heavy atom. The Kier molecular flexibility index (Phi) is 15.9. The molecule has 0 fully saturated rings. The predicted molar refractivity (Wildman–Crippen MR) is 76.3 cm³/mol. The standard InChI is InChI=1S/C13H27NO8/c1-17-9-21-11-19-7-5-14(4-3-13(15)16)6-8-20-12-22-10-18-2/h3-12H2,1-2H3,(H,15,16). The van der Waals surface area contributed by atoms with Gasteiger partial charge in [0.1, 0.15) is 27.2 Å². The minimum absolute atomic E-state index is 0.0698. The van der Waals surface area contributed by atoms with E-state index in [2.05, 4.69) is 0 Å². The third-order valence-electron chi connectivity index (χ3n) is 2.48. The molecule has 0 aromatic rings. The molecule has 0 unspecified atom stereocenters. The Hall–Kier alpha value is -0.810. The second-order valence-electron chi connectivity index (χ2n) is 4.26. The summed E-state index contributed by atoms with van der Waals surface area (Å²) in [5.41, 5.74) is 0. The molecule has 1 N–H and O–H groups in total. The van der Waals surface area contributed by atoms with Crippen molar-refractivity contribution in [3.05, 3.63) is 0 Å². The highest BCUT2D eigenvalue weighted by atomic mass is 16.7. The number of hydrogen-bond acceptors (Lipinski definition) is 8. The van der Waals surface area contributed by atoms with Crippen LogP contribution in [0.1, 0.15) is 6.42 Å². The molecule has 0 aromatic carbocycles. The maximum atomic E-state index is 10.6. The molecule has 0 aliphatic carbocycles. The zero-order chi connectivity index (χ0) is 16.5. The topological polar surface area (TPSA) is 95.9 Å². The van der Waals surface area contributed by atoms with E-state index in [0.717, 1.165) is 0 Å². The monoisotopic (exact) mass is 325 g/mol. The van der Waals surface area contributed by atoms with Crippen molar-refractivity contribution in [2.45, 2.75) is 6.42 Å². The lowest BCUT2D eigenvalue weighted by atomic mass is 10.3. The SMILES string of the molecule is COCOCOCCN(CCOCOCOC)CCC(=O)O. The maximum absolute atomic E-state index is 10.6. The number of methoxy groups -OCH3 is 2. The van der Waals surface area contributed by atoms with E-state index < -0.39 is 5.97 Å². The van der Waals surface area contributed by atoms with Crippen LogP contribution in [-0.4, -0.2) is 90.2 Å². The van der Waals surface area contributed by atoms with E-state index in [1.165, 1.54) is 14.2 Å². The van der Waals surface area contributed by atoms with E-state index >= 15 is 0 Å². The minimum atomic E-state index is -0.835. The van der Waals surface area contributed by atoms with Gasteiger partial charge in [-0.05, 0) is 0 Å². The lowest BCUT2D eigenvalue weighted by Crippen LogP contribution is -2.33. The first-order valence-electron chi connectivity index (χ1n) is 6.93. The van der Waals surface area contributed by atoms with Crippen LogP contribution in [0.4, 0.5) is 0 Å². The van der Waals surface area contributed by atoms with Crippen molar-refractivity contribution in [2.24, 2.45) is 0 Å². The molecule has 0 aromatic heterocycles. The van der Waals surface area contributed by atoms with Gasteiger partial charge in [-0.1, -0.05) is 0 Å². The Balaban J connectivity index is 3.72. The molecule has 0 amide bonds. The summed E-state index contributed by atoms with van der Waals surface area (Å²) < 4.78 is 29.9. The molecule has 9 heteroatoms. The molecule has 0 bridgehead atoms. The molecule has 132 valence electrons. The molecular formula is C13H27NO8. The second-order valence-corrected chi connectivity index (χ2v) is 4.26. The molecular weight excluding hydrogens is 298 g/mol. The highest BCUT2D eigenvalue weighted by Gasteiger charge is 2.07. The Bertz CT molecular complexity index is 238. The van der Waals surface area contributed by atoms with Crippen molar-refractivity contribution < 1.29 is 38.3 Å². The average Bonchev–Trinajstić information content (AvgIpc) is 2.50. The fourth-order valence-corrected chi connectivity index (χ4v) is 1.45. The molecule has 0 spiro atoms. The third kappa shape index (κ3) is 15.6. The molecule has 0 saturated heterocycles. The van der Waals surface area contributed by atoms with Gasteiger partial charge >= 0.3 is 5.97 Å². The van der Waals surface area contributed by atoms with Gasteiger partial charge in [-0.15, -0.1) is 0 Å². The van der Waals surface area contributed by atoms with Crippen LogP contribution in [0.25, 0.3) is 0 Å². The number of carboxylic acid groups (broad SMARTS) is 1. The van der Waals surface area contributed by atoms with Crippen LogP contribution in [0.15, 0.2) is 0 Å². The first kappa shape index (κ1) is 21.2. The molecule has 0 aliphatic rings. The average molecular weight is 325 g/mol. The lowest BCUT2D eigenvalue weighted by Gasteiger charge is -2.21. The smallest absolute Gasteiger partial charge is 0.304 e. The van der Waals surface area contributed by atoms with Crippen molar-refractivity contribution in [3.63, 3.8) is 0 Å². The molecule has 0 aliphatic heterocycles. The van der Waals surface area contributed by atoms with Crippen LogP contribution >= 0.6 is 0 Å². The van der Waals surface area contributed by atoms with E-state index in [4.69, 9.17) is 33.5 Å². The lowest BCUT2D eigenvalue weighted by molar-refractivity contribution is -0.138. The summed E-state index contributed by atoms with van der Waals surface area (Å²) in [6.45, 7) is 3.12. The van der Waals surface area contributed by atoms with Crippen molar-refractivity contribution in [1.29, 1.82) is 0 Å². The summed E-state index contributed by atoms with van der Waals surface area (Å²) in [6, 6.07) is 0. The number of rotatable bonds is 17. The summed E-state index contributed by atoms with van der Waals surface area (Å²) in [7, 11) is 3.06. The van der Waals surface area contributed by atoms with Gasteiger partial charge < -0.3 is 33.5 Å². The van der Waals surface area contributed by atoms with Crippen molar-refractivity contribution in [1.82, 2.24) is 4.90 Å². The van der Waals surface area contributed by atoms with Gasteiger partial charge in [0.25, 0.3) is 0 Å². The van der Waals surface area contributed by atoms with Gasteiger partial charge in [0.05, 0.1) is 19.6 Å².